The molecule has 2 aromatic heterocycles. The average molecular weight is 391 g/mol. The summed E-state index contributed by atoms with van der Waals surface area (Å²) in [5.41, 5.74) is 5.48. The van der Waals surface area contributed by atoms with Gasteiger partial charge in [0.05, 0.1) is 29.8 Å². The van der Waals surface area contributed by atoms with E-state index >= 15 is 0 Å². The highest BCUT2D eigenvalue weighted by atomic mass is 16.4. The minimum Gasteiger partial charge on any atom is -0.543 e. The number of hydrogen-bond donors (Lipinski definition) is 0. The number of carbonyl (C=O) groups is 2. The largest absolute Gasteiger partial charge is 0.543 e. The summed E-state index contributed by atoms with van der Waals surface area (Å²) in [7, 11) is 1.92. The van der Waals surface area contributed by atoms with Gasteiger partial charge in [0.25, 0.3) is 0 Å². The van der Waals surface area contributed by atoms with Gasteiger partial charge in [0.2, 0.25) is 0 Å². The summed E-state index contributed by atoms with van der Waals surface area (Å²) in [4.78, 5) is 22.1. The third kappa shape index (κ3) is 4.29. The van der Waals surface area contributed by atoms with Gasteiger partial charge in [-0.1, -0.05) is 41.6 Å². The van der Waals surface area contributed by atoms with Crippen LogP contribution in [0.3, 0.4) is 0 Å². The maximum atomic E-state index is 8.93. The van der Waals surface area contributed by atoms with Gasteiger partial charge in [-0.05, 0) is 30.2 Å². The molecule has 2 aromatic carbocycles. The van der Waals surface area contributed by atoms with Crippen LogP contribution in [-0.2, 0) is 16.6 Å². The zero-order valence-corrected chi connectivity index (χ0v) is 15.7. The van der Waals surface area contributed by atoms with Gasteiger partial charge in [0, 0.05) is 18.9 Å². The average Bonchev–Trinajstić information content (AvgIpc) is 3.29. The van der Waals surface area contributed by atoms with E-state index in [1.165, 1.54) is 11.1 Å². The number of hydrogen-bond acceptors (Lipinski definition) is 7. The minimum atomic E-state index is -2.19. The Hall–Kier alpha value is -4.01. The van der Waals surface area contributed by atoms with Crippen LogP contribution < -0.4 is 10.2 Å². The van der Waals surface area contributed by atoms with E-state index in [4.69, 9.17) is 19.8 Å². The van der Waals surface area contributed by atoms with Crippen LogP contribution in [0.25, 0.3) is 11.0 Å². The van der Waals surface area contributed by atoms with Gasteiger partial charge in [-0.3, -0.25) is 0 Å². The molecule has 29 heavy (non-hydrogen) atoms. The Bertz CT molecular complexity index is 1140. The molecule has 148 valence electrons. The summed E-state index contributed by atoms with van der Waals surface area (Å²) in [6, 6.07) is 16.9. The molecule has 0 saturated heterocycles. The van der Waals surface area contributed by atoms with E-state index in [9.17, 15) is 0 Å². The molecule has 4 aromatic rings. The molecule has 0 saturated carbocycles. The summed E-state index contributed by atoms with van der Waals surface area (Å²) in [6.07, 6.45) is 3.78. The number of aliphatic carboxylic acids is 2. The Morgan fingerprint density at radius 2 is 1.69 bits per heavy atom. The Morgan fingerprint density at radius 1 is 1.00 bits per heavy atom. The predicted octanol–water partition coefficient (Wildman–Crippen LogP) is -0.403. The second-order valence-corrected chi connectivity index (χ2v) is 6.29. The Morgan fingerprint density at radius 3 is 2.28 bits per heavy atom. The van der Waals surface area contributed by atoms with Crippen LogP contribution in [-0.4, -0.2) is 36.5 Å². The van der Waals surface area contributed by atoms with E-state index in [1.54, 1.807) is 0 Å². The lowest BCUT2D eigenvalue weighted by Gasteiger charge is -2.21. The highest BCUT2D eigenvalue weighted by Gasteiger charge is 2.18. The number of benzene rings is 2. The maximum Gasteiger partial charge on any atom is 0.113 e. The molecule has 0 N–H and O–H groups in total. The Kier molecular flexibility index (Phi) is 5.68. The summed E-state index contributed by atoms with van der Waals surface area (Å²) < 4.78 is 4.00. The fourth-order valence-corrected chi connectivity index (χ4v) is 3.01. The van der Waals surface area contributed by atoms with Crippen LogP contribution in [0, 0.1) is 6.92 Å². The van der Waals surface area contributed by atoms with Crippen molar-refractivity contribution in [2.75, 3.05) is 0 Å². The molecule has 2 heterocycles. The van der Waals surface area contributed by atoms with Crippen LogP contribution in [0.4, 0.5) is 0 Å². The number of aromatic nitrogens is 5. The Balaban J connectivity index is 0.000000353. The minimum absolute atomic E-state index is 0.0815. The molecular weight excluding hydrogens is 374 g/mol. The van der Waals surface area contributed by atoms with Crippen molar-refractivity contribution in [2.24, 2.45) is 7.05 Å². The Labute approximate surface area is 165 Å². The highest BCUT2D eigenvalue weighted by molar-refractivity contribution is 6.25. The van der Waals surface area contributed by atoms with Crippen LogP contribution in [0.5, 0.6) is 0 Å². The lowest BCUT2D eigenvalue weighted by Crippen LogP contribution is -2.42. The standard InChI is InChI=1S/C18H17N5.C2H2O4/c1-13-11-19-12-23(13)18(14-6-4-3-5-7-14)15-8-9-16-17(10-15)22(2)21-20-16;3-1(4)2(5)6/h3-12,18H,1-2H3;(H,3,4)(H,5,6)/p-2. The van der Waals surface area contributed by atoms with Gasteiger partial charge in [0.15, 0.2) is 0 Å². The van der Waals surface area contributed by atoms with E-state index in [-0.39, 0.29) is 6.04 Å². The molecular formula is C20H17N5O4-2. The number of carboxylic acid groups (broad SMARTS) is 2. The van der Waals surface area contributed by atoms with Crippen molar-refractivity contribution < 1.29 is 19.8 Å². The van der Waals surface area contributed by atoms with E-state index in [0.717, 1.165) is 16.7 Å². The molecule has 0 aliphatic carbocycles. The number of carbonyl (C=O) groups excluding carboxylic acids is 2. The number of rotatable bonds is 3. The van der Waals surface area contributed by atoms with E-state index in [2.05, 4.69) is 63.2 Å². The van der Waals surface area contributed by atoms with Crippen molar-refractivity contribution in [2.45, 2.75) is 13.0 Å². The van der Waals surface area contributed by atoms with E-state index in [1.807, 2.05) is 36.4 Å². The van der Waals surface area contributed by atoms with Crippen LogP contribution in [0.1, 0.15) is 22.9 Å². The molecule has 0 fully saturated rings. The van der Waals surface area contributed by atoms with Gasteiger partial charge < -0.3 is 24.4 Å². The fraction of sp³-hybridized carbons (Fsp3) is 0.150. The summed E-state index contributed by atoms with van der Waals surface area (Å²) >= 11 is 0. The van der Waals surface area contributed by atoms with Gasteiger partial charge in [0.1, 0.15) is 5.52 Å². The molecule has 0 bridgehead atoms. The topological polar surface area (TPSA) is 129 Å². The van der Waals surface area contributed by atoms with Crippen LogP contribution in [0.15, 0.2) is 61.1 Å². The maximum absolute atomic E-state index is 8.93. The van der Waals surface area contributed by atoms with Crippen molar-refractivity contribution >= 4 is 23.0 Å². The second kappa shape index (κ2) is 8.34. The van der Waals surface area contributed by atoms with Gasteiger partial charge in [-0.15, -0.1) is 5.10 Å². The van der Waals surface area contributed by atoms with Crippen molar-refractivity contribution in [3.05, 3.63) is 77.9 Å². The molecule has 9 heteroatoms. The van der Waals surface area contributed by atoms with Crippen LogP contribution in [0.2, 0.25) is 0 Å². The molecule has 4 rings (SSSR count). The molecule has 1 atom stereocenters. The molecule has 0 radical (unpaired) electrons. The fourth-order valence-electron chi connectivity index (χ4n) is 3.01. The third-order valence-electron chi connectivity index (χ3n) is 4.37. The van der Waals surface area contributed by atoms with Gasteiger partial charge >= 0.3 is 0 Å². The zero-order chi connectivity index (χ0) is 21.0. The second-order valence-electron chi connectivity index (χ2n) is 6.29. The predicted molar refractivity (Wildman–Crippen MR) is 99.2 cm³/mol. The number of nitrogens with zero attached hydrogens (tertiary/aromatic N) is 5. The number of carboxylic acids is 2. The van der Waals surface area contributed by atoms with E-state index < -0.39 is 11.9 Å². The van der Waals surface area contributed by atoms with Crippen molar-refractivity contribution in [1.82, 2.24) is 24.5 Å². The quantitative estimate of drug-likeness (QED) is 0.434. The van der Waals surface area contributed by atoms with Gasteiger partial charge in [-0.25, -0.2) is 9.67 Å². The van der Waals surface area contributed by atoms with Crippen molar-refractivity contribution in [1.29, 1.82) is 0 Å². The lowest BCUT2D eigenvalue weighted by molar-refractivity contribution is -0.345. The summed E-state index contributed by atoms with van der Waals surface area (Å²) in [5, 5.41) is 26.1. The first-order valence-electron chi connectivity index (χ1n) is 8.63. The molecule has 0 amide bonds. The molecule has 9 nitrogen and oxygen atoms in total. The zero-order valence-electron chi connectivity index (χ0n) is 15.7. The van der Waals surface area contributed by atoms with Crippen molar-refractivity contribution in [3.8, 4) is 0 Å². The molecule has 0 spiro atoms. The SMILES string of the molecule is Cc1cncn1C(c1ccccc1)c1ccc2nnn(C)c2c1.O=C([O-])C(=O)[O-]. The number of imidazole rings is 1. The van der Waals surface area contributed by atoms with Crippen molar-refractivity contribution in [3.63, 3.8) is 0 Å². The number of aryl methyl sites for hydroxylation is 2. The third-order valence-corrected chi connectivity index (χ3v) is 4.37. The first-order valence-corrected chi connectivity index (χ1v) is 8.63. The lowest BCUT2D eigenvalue weighted by atomic mass is 9.97. The smallest absolute Gasteiger partial charge is 0.113 e. The number of fused-ring (bicyclic) bond motifs is 1. The normalized spacial score (nSPS) is 11.5. The summed E-state index contributed by atoms with van der Waals surface area (Å²) in [6.45, 7) is 2.08. The first kappa shape index (κ1) is 19.7. The first-order chi connectivity index (χ1) is 13.9. The molecule has 0 aliphatic rings. The molecule has 0 aliphatic heterocycles. The van der Waals surface area contributed by atoms with Crippen LogP contribution >= 0.6 is 0 Å². The highest BCUT2D eigenvalue weighted by Crippen LogP contribution is 2.29. The summed E-state index contributed by atoms with van der Waals surface area (Å²) in [5.74, 6) is -4.37. The monoisotopic (exact) mass is 391 g/mol. The molecule has 1 unspecified atom stereocenters. The van der Waals surface area contributed by atoms with Gasteiger partial charge in [-0.2, -0.15) is 0 Å². The van der Waals surface area contributed by atoms with E-state index in [0.29, 0.717) is 0 Å².